The maximum Gasteiger partial charge on any atom is 0.226 e. The van der Waals surface area contributed by atoms with Gasteiger partial charge >= 0.3 is 0 Å². The van der Waals surface area contributed by atoms with Crippen LogP contribution in [0.3, 0.4) is 0 Å². The molecule has 2 aromatic rings. The molecule has 3 rings (SSSR count). The molecule has 0 radical (unpaired) electrons. The first-order valence-electron chi connectivity index (χ1n) is 8.41. The van der Waals surface area contributed by atoms with E-state index in [9.17, 15) is 4.79 Å². The van der Waals surface area contributed by atoms with Crippen LogP contribution in [-0.2, 0) is 4.79 Å². The molecule has 1 atom stereocenters. The van der Waals surface area contributed by atoms with Crippen molar-refractivity contribution in [3.63, 3.8) is 0 Å². The van der Waals surface area contributed by atoms with E-state index in [1.165, 1.54) is 9.75 Å². The molecule has 1 aliphatic heterocycles. The largest absolute Gasteiger partial charge is 0.341 e. The average Bonchev–Trinajstić information content (AvgIpc) is 3.07. The lowest BCUT2D eigenvalue weighted by molar-refractivity contribution is -0.136. The summed E-state index contributed by atoms with van der Waals surface area (Å²) in [6.07, 6.45) is 5.24. The van der Waals surface area contributed by atoms with Gasteiger partial charge in [-0.05, 0) is 44.9 Å². The molecule has 0 bridgehead atoms. The molecule has 1 aliphatic rings. The van der Waals surface area contributed by atoms with Gasteiger partial charge in [-0.1, -0.05) is 0 Å². The van der Waals surface area contributed by atoms with Gasteiger partial charge in [-0.2, -0.15) is 0 Å². The van der Waals surface area contributed by atoms with Crippen molar-refractivity contribution in [2.24, 2.45) is 5.92 Å². The van der Waals surface area contributed by atoms with Crippen LogP contribution in [0.1, 0.15) is 35.6 Å². The van der Waals surface area contributed by atoms with Crippen molar-refractivity contribution in [2.75, 3.05) is 25.0 Å². The molecular weight excluding hydrogens is 320 g/mol. The Morgan fingerprint density at radius 2 is 1.96 bits per heavy atom. The molecule has 3 heterocycles. The van der Waals surface area contributed by atoms with Gasteiger partial charge in [0.1, 0.15) is 0 Å². The number of amides is 1. The van der Waals surface area contributed by atoms with E-state index >= 15 is 0 Å². The second-order valence-corrected chi connectivity index (χ2v) is 7.70. The molecule has 1 fully saturated rings. The lowest BCUT2D eigenvalue weighted by Gasteiger charge is -2.34. The maximum absolute atomic E-state index is 12.8. The molecular formula is C18H24N4OS. The summed E-state index contributed by atoms with van der Waals surface area (Å²) >= 11 is 1.77. The first-order valence-corrected chi connectivity index (χ1v) is 9.23. The normalized spacial score (nSPS) is 16.9. The molecule has 0 saturated carbocycles. The van der Waals surface area contributed by atoms with Crippen molar-refractivity contribution in [3.8, 4) is 0 Å². The minimum absolute atomic E-state index is 0.0958. The summed E-state index contributed by atoms with van der Waals surface area (Å²) in [7, 11) is 1.93. The van der Waals surface area contributed by atoms with Crippen LogP contribution >= 0.6 is 11.3 Å². The van der Waals surface area contributed by atoms with E-state index in [4.69, 9.17) is 0 Å². The number of carbonyl (C=O) groups is 1. The Bertz CT molecular complexity index is 679. The summed E-state index contributed by atoms with van der Waals surface area (Å²) in [5, 5.41) is 0. The van der Waals surface area contributed by atoms with E-state index in [0.29, 0.717) is 0 Å². The van der Waals surface area contributed by atoms with Crippen LogP contribution in [0.4, 0.5) is 5.95 Å². The molecule has 0 N–H and O–H groups in total. The van der Waals surface area contributed by atoms with Crippen LogP contribution in [0.2, 0.25) is 0 Å². The Morgan fingerprint density at radius 3 is 2.54 bits per heavy atom. The topological polar surface area (TPSA) is 49.3 Å². The summed E-state index contributed by atoms with van der Waals surface area (Å²) in [6, 6.07) is 6.20. The van der Waals surface area contributed by atoms with Gasteiger partial charge in [-0.25, -0.2) is 9.97 Å². The van der Waals surface area contributed by atoms with Gasteiger partial charge in [0.25, 0.3) is 0 Å². The fraction of sp³-hybridized carbons (Fsp3) is 0.500. The second-order valence-electron chi connectivity index (χ2n) is 6.38. The molecule has 128 valence electrons. The minimum atomic E-state index is 0.0958. The fourth-order valence-electron chi connectivity index (χ4n) is 3.13. The predicted molar refractivity (Wildman–Crippen MR) is 97.2 cm³/mol. The zero-order valence-corrected chi connectivity index (χ0v) is 15.3. The standard InChI is InChI=1S/C18H24N4OS/c1-13-5-6-16(24-13)14(2)21(3)17(23)15-7-11-22(12-8-15)18-19-9-4-10-20-18/h4-6,9-10,14-15H,7-8,11-12H2,1-3H3/t14-/m0/s1. The fourth-order valence-corrected chi connectivity index (χ4v) is 4.10. The smallest absolute Gasteiger partial charge is 0.226 e. The van der Waals surface area contributed by atoms with E-state index in [2.05, 4.69) is 40.8 Å². The number of aryl methyl sites for hydroxylation is 1. The van der Waals surface area contributed by atoms with Crippen LogP contribution in [-0.4, -0.2) is 40.9 Å². The summed E-state index contributed by atoms with van der Waals surface area (Å²) in [4.78, 5) is 28.0. The van der Waals surface area contributed by atoms with E-state index in [-0.39, 0.29) is 17.9 Å². The summed E-state index contributed by atoms with van der Waals surface area (Å²) in [5.74, 6) is 1.11. The van der Waals surface area contributed by atoms with Crippen molar-refractivity contribution in [1.29, 1.82) is 0 Å². The molecule has 2 aromatic heterocycles. The van der Waals surface area contributed by atoms with Crippen molar-refractivity contribution < 1.29 is 4.79 Å². The predicted octanol–water partition coefficient (Wildman–Crippen LogP) is 3.28. The zero-order valence-electron chi connectivity index (χ0n) is 14.5. The van der Waals surface area contributed by atoms with E-state index in [1.54, 1.807) is 23.7 Å². The number of anilines is 1. The molecule has 0 aliphatic carbocycles. The van der Waals surface area contributed by atoms with Crippen molar-refractivity contribution in [1.82, 2.24) is 14.9 Å². The lowest BCUT2D eigenvalue weighted by atomic mass is 9.95. The van der Waals surface area contributed by atoms with Gasteiger partial charge < -0.3 is 9.80 Å². The number of aromatic nitrogens is 2. The molecule has 6 heteroatoms. The highest BCUT2D eigenvalue weighted by atomic mass is 32.1. The molecule has 1 amide bonds. The minimum Gasteiger partial charge on any atom is -0.341 e. The second kappa shape index (κ2) is 7.30. The van der Waals surface area contributed by atoms with Crippen LogP contribution in [0.15, 0.2) is 30.6 Å². The third-order valence-corrected chi connectivity index (χ3v) is 5.95. The lowest BCUT2D eigenvalue weighted by Crippen LogP contribution is -2.42. The van der Waals surface area contributed by atoms with Crippen molar-refractivity contribution in [3.05, 3.63) is 40.3 Å². The van der Waals surface area contributed by atoms with Crippen LogP contribution in [0.25, 0.3) is 0 Å². The third kappa shape index (κ3) is 3.59. The van der Waals surface area contributed by atoms with E-state index in [0.717, 1.165) is 31.9 Å². The first kappa shape index (κ1) is 16.9. The van der Waals surface area contributed by atoms with Gasteiger partial charge in [0.2, 0.25) is 11.9 Å². The Balaban J connectivity index is 1.58. The molecule has 0 spiro atoms. The van der Waals surface area contributed by atoms with Gasteiger partial charge in [0.05, 0.1) is 6.04 Å². The highest BCUT2D eigenvalue weighted by molar-refractivity contribution is 7.12. The van der Waals surface area contributed by atoms with Gasteiger partial charge in [0, 0.05) is 48.2 Å². The summed E-state index contributed by atoms with van der Waals surface area (Å²) in [6.45, 7) is 5.88. The van der Waals surface area contributed by atoms with Crippen LogP contribution < -0.4 is 4.90 Å². The number of thiophene rings is 1. The highest BCUT2D eigenvalue weighted by Crippen LogP contribution is 2.29. The summed E-state index contributed by atoms with van der Waals surface area (Å²) in [5.41, 5.74) is 0. The zero-order chi connectivity index (χ0) is 17.1. The van der Waals surface area contributed by atoms with Crippen molar-refractivity contribution in [2.45, 2.75) is 32.7 Å². The quantitative estimate of drug-likeness (QED) is 0.854. The third-order valence-electron chi connectivity index (χ3n) is 4.78. The number of hydrogen-bond donors (Lipinski definition) is 0. The van der Waals surface area contributed by atoms with Gasteiger partial charge in [0.15, 0.2) is 0 Å². The monoisotopic (exact) mass is 344 g/mol. The molecule has 5 nitrogen and oxygen atoms in total. The Morgan fingerprint density at radius 1 is 1.29 bits per heavy atom. The SMILES string of the molecule is Cc1ccc([C@H](C)N(C)C(=O)C2CCN(c3ncccn3)CC2)s1. The molecule has 1 saturated heterocycles. The number of nitrogens with zero attached hydrogens (tertiary/aromatic N) is 4. The van der Waals surface area contributed by atoms with Crippen LogP contribution in [0.5, 0.6) is 0 Å². The Kier molecular flexibility index (Phi) is 5.14. The number of piperidine rings is 1. The number of carbonyl (C=O) groups excluding carboxylic acids is 1. The van der Waals surface area contributed by atoms with Gasteiger partial charge in [-0.3, -0.25) is 4.79 Å². The Hall–Kier alpha value is -1.95. The average molecular weight is 344 g/mol. The molecule has 0 unspecified atom stereocenters. The maximum atomic E-state index is 12.8. The van der Waals surface area contributed by atoms with E-state index < -0.39 is 0 Å². The Labute approximate surface area is 147 Å². The number of hydrogen-bond acceptors (Lipinski definition) is 5. The summed E-state index contributed by atoms with van der Waals surface area (Å²) < 4.78 is 0. The van der Waals surface area contributed by atoms with Gasteiger partial charge in [-0.15, -0.1) is 11.3 Å². The first-order chi connectivity index (χ1) is 11.6. The van der Waals surface area contributed by atoms with Crippen molar-refractivity contribution >= 4 is 23.2 Å². The van der Waals surface area contributed by atoms with Crippen LogP contribution in [0, 0.1) is 12.8 Å². The van der Waals surface area contributed by atoms with E-state index in [1.807, 2.05) is 18.0 Å². The highest BCUT2D eigenvalue weighted by Gasteiger charge is 2.30. The molecule has 24 heavy (non-hydrogen) atoms. The number of rotatable bonds is 4. The molecule has 0 aromatic carbocycles.